The van der Waals surface area contributed by atoms with E-state index in [1.807, 2.05) is 11.0 Å². The molecule has 0 atom stereocenters. The number of carbonyl (C=O) groups excluding carboxylic acids is 2. The van der Waals surface area contributed by atoms with E-state index in [0.717, 1.165) is 5.56 Å². The van der Waals surface area contributed by atoms with Crippen molar-refractivity contribution in [3.05, 3.63) is 69.8 Å². The van der Waals surface area contributed by atoms with Crippen molar-refractivity contribution in [1.29, 1.82) is 0 Å². The molecule has 0 saturated carbocycles. The molecule has 1 saturated heterocycles. The second-order valence-corrected chi connectivity index (χ2v) is 6.79. The Morgan fingerprint density at radius 2 is 1.86 bits per heavy atom. The molecule has 0 aliphatic carbocycles. The number of hydrogen-bond donors (Lipinski definition) is 2. The second-order valence-electron chi connectivity index (χ2n) is 6.79. The number of nitro groups is 1. The Labute approximate surface area is 162 Å². The molecule has 2 amide bonds. The Hall–Kier alpha value is -3.42. The lowest BCUT2D eigenvalue weighted by Crippen LogP contribution is -2.40. The Morgan fingerprint density at radius 1 is 1.14 bits per heavy atom. The zero-order valence-electron chi connectivity index (χ0n) is 15.3. The quantitative estimate of drug-likeness (QED) is 0.587. The van der Waals surface area contributed by atoms with Crippen LogP contribution in [0.3, 0.4) is 0 Å². The van der Waals surface area contributed by atoms with Crippen molar-refractivity contribution in [1.82, 2.24) is 5.32 Å². The van der Waals surface area contributed by atoms with Gasteiger partial charge in [-0.15, -0.1) is 0 Å². The summed E-state index contributed by atoms with van der Waals surface area (Å²) in [5.74, 6) is -0.694. The summed E-state index contributed by atoms with van der Waals surface area (Å²) in [6.45, 7) is 1.49. The molecule has 1 aliphatic heterocycles. The fourth-order valence-corrected chi connectivity index (χ4v) is 3.44. The summed E-state index contributed by atoms with van der Waals surface area (Å²) in [6, 6.07) is 13.5. The summed E-state index contributed by atoms with van der Waals surface area (Å²) < 4.78 is 0. The number of nitrogens with zero attached hydrogens (tertiary/aromatic N) is 2. The van der Waals surface area contributed by atoms with E-state index in [9.17, 15) is 19.7 Å². The van der Waals surface area contributed by atoms with E-state index in [-0.39, 0.29) is 22.4 Å². The van der Waals surface area contributed by atoms with Crippen molar-refractivity contribution in [2.45, 2.75) is 19.4 Å². The van der Waals surface area contributed by atoms with Crippen LogP contribution in [-0.4, -0.2) is 29.8 Å². The smallest absolute Gasteiger partial charge is 0.292 e. The highest BCUT2D eigenvalue weighted by atomic mass is 16.6. The maximum absolute atomic E-state index is 12.5. The average molecular weight is 382 g/mol. The summed E-state index contributed by atoms with van der Waals surface area (Å²) in [7, 11) is 0. The van der Waals surface area contributed by atoms with E-state index in [0.29, 0.717) is 43.7 Å². The van der Waals surface area contributed by atoms with Gasteiger partial charge in [0.25, 0.3) is 5.69 Å². The molecule has 146 valence electrons. The molecule has 28 heavy (non-hydrogen) atoms. The van der Waals surface area contributed by atoms with Crippen LogP contribution in [0.4, 0.5) is 11.4 Å². The molecule has 8 nitrogen and oxygen atoms in total. The number of nitrogens with one attached hydrogen (secondary N) is 1. The van der Waals surface area contributed by atoms with E-state index < -0.39 is 5.91 Å². The number of nitrogens with two attached hydrogens (primary N) is 1. The monoisotopic (exact) mass is 382 g/mol. The Balaban J connectivity index is 1.55. The molecule has 0 bridgehead atoms. The normalized spacial score (nSPS) is 14.5. The van der Waals surface area contributed by atoms with Gasteiger partial charge < -0.3 is 16.0 Å². The molecule has 0 aromatic heterocycles. The van der Waals surface area contributed by atoms with E-state index in [4.69, 9.17) is 5.73 Å². The summed E-state index contributed by atoms with van der Waals surface area (Å²) in [4.78, 5) is 36.5. The fourth-order valence-electron chi connectivity index (χ4n) is 3.44. The van der Waals surface area contributed by atoms with Gasteiger partial charge in [-0.25, -0.2) is 0 Å². The zero-order valence-corrected chi connectivity index (χ0v) is 15.3. The minimum absolute atomic E-state index is 0.0494. The topological polar surface area (TPSA) is 119 Å². The number of piperidine rings is 1. The first kappa shape index (κ1) is 19.3. The molecular formula is C20H22N4O4. The molecule has 8 heteroatoms. The minimum Gasteiger partial charge on any atom is -0.366 e. The third-order valence-electron chi connectivity index (χ3n) is 4.96. The number of nitro benzene ring substituents is 1. The van der Waals surface area contributed by atoms with Gasteiger partial charge in [-0.3, -0.25) is 19.7 Å². The largest absolute Gasteiger partial charge is 0.366 e. The summed E-state index contributed by atoms with van der Waals surface area (Å²) in [5, 5.41) is 14.1. The van der Waals surface area contributed by atoms with Crippen LogP contribution in [0, 0.1) is 16.0 Å². The fraction of sp³-hybridized carbons (Fsp3) is 0.300. The van der Waals surface area contributed by atoms with Gasteiger partial charge >= 0.3 is 0 Å². The molecule has 3 N–H and O–H groups in total. The number of hydrogen-bond acceptors (Lipinski definition) is 5. The first-order chi connectivity index (χ1) is 13.5. The van der Waals surface area contributed by atoms with Crippen molar-refractivity contribution in [2.75, 3.05) is 18.0 Å². The molecule has 2 aromatic carbocycles. The highest BCUT2D eigenvalue weighted by Gasteiger charge is 2.27. The molecule has 2 aromatic rings. The lowest BCUT2D eigenvalue weighted by atomic mass is 9.95. The van der Waals surface area contributed by atoms with Gasteiger partial charge in [0.1, 0.15) is 5.69 Å². The average Bonchev–Trinajstić information content (AvgIpc) is 2.72. The third kappa shape index (κ3) is 4.46. The maximum Gasteiger partial charge on any atom is 0.292 e. The predicted molar refractivity (Wildman–Crippen MR) is 105 cm³/mol. The van der Waals surface area contributed by atoms with E-state index in [1.165, 1.54) is 6.07 Å². The Bertz CT molecular complexity index is 891. The van der Waals surface area contributed by atoms with Crippen molar-refractivity contribution in [3.63, 3.8) is 0 Å². The molecule has 0 spiro atoms. The molecule has 1 heterocycles. The summed E-state index contributed by atoms with van der Waals surface area (Å²) >= 11 is 0. The number of anilines is 1. The van der Waals surface area contributed by atoms with Crippen molar-refractivity contribution in [2.24, 2.45) is 11.7 Å². The van der Waals surface area contributed by atoms with Crippen molar-refractivity contribution < 1.29 is 14.5 Å². The molecule has 3 rings (SSSR count). The molecule has 0 radical (unpaired) electrons. The van der Waals surface area contributed by atoms with Crippen LogP contribution in [0.2, 0.25) is 0 Å². The molecule has 1 fully saturated rings. The van der Waals surface area contributed by atoms with Gasteiger partial charge in [-0.1, -0.05) is 24.3 Å². The summed E-state index contributed by atoms with van der Waals surface area (Å²) in [6.07, 6.45) is 1.25. The van der Waals surface area contributed by atoms with Crippen LogP contribution in [0.5, 0.6) is 0 Å². The lowest BCUT2D eigenvalue weighted by Gasteiger charge is -2.32. The highest BCUT2D eigenvalue weighted by Crippen LogP contribution is 2.31. The standard InChI is InChI=1S/C20H22N4O4/c21-19(25)16-5-3-4-14(12-16)13-22-20(26)15-8-10-23(11-9-15)17-6-1-2-7-18(17)24(27)28/h1-7,12,15H,8-11,13H2,(H2,21,25)(H,22,26). The first-order valence-electron chi connectivity index (χ1n) is 9.10. The number of benzene rings is 2. The highest BCUT2D eigenvalue weighted by molar-refractivity contribution is 5.92. The predicted octanol–water partition coefficient (Wildman–Crippen LogP) is 2.23. The van der Waals surface area contributed by atoms with Gasteiger partial charge in [0.05, 0.1) is 4.92 Å². The van der Waals surface area contributed by atoms with Crippen LogP contribution >= 0.6 is 0 Å². The number of primary amides is 1. The Kier molecular flexibility index (Phi) is 5.88. The van der Waals surface area contributed by atoms with Crippen molar-refractivity contribution in [3.8, 4) is 0 Å². The zero-order chi connectivity index (χ0) is 20.1. The van der Waals surface area contributed by atoms with E-state index in [1.54, 1.807) is 36.4 Å². The first-order valence-corrected chi connectivity index (χ1v) is 9.10. The van der Waals surface area contributed by atoms with E-state index in [2.05, 4.69) is 5.32 Å². The number of carbonyl (C=O) groups is 2. The van der Waals surface area contributed by atoms with Gasteiger partial charge in [0.15, 0.2) is 0 Å². The second kappa shape index (κ2) is 8.51. The lowest BCUT2D eigenvalue weighted by molar-refractivity contribution is -0.384. The van der Waals surface area contributed by atoms with Gasteiger partial charge in [0, 0.05) is 37.2 Å². The molecule has 0 unspecified atom stereocenters. The maximum atomic E-state index is 12.5. The van der Waals surface area contributed by atoms with Crippen LogP contribution in [0.1, 0.15) is 28.8 Å². The number of para-hydroxylation sites is 2. The van der Waals surface area contributed by atoms with E-state index >= 15 is 0 Å². The number of rotatable bonds is 6. The van der Waals surface area contributed by atoms with Crippen LogP contribution in [-0.2, 0) is 11.3 Å². The minimum atomic E-state index is -0.504. The van der Waals surface area contributed by atoms with Crippen LogP contribution < -0.4 is 16.0 Å². The van der Waals surface area contributed by atoms with Gasteiger partial charge in [-0.05, 0) is 36.6 Å². The number of amides is 2. The molecular weight excluding hydrogens is 360 g/mol. The van der Waals surface area contributed by atoms with Crippen molar-refractivity contribution >= 4 is 23.2 Å². The molecule has 1 aliphatic rings. The van der Waals surface area contributed by atoms with Crippen LogP contribution in [0.25, 0.3) is 0 Å². The van der Waals surface area contributed by atoms with Gasteiger partial charge in [0.2, 0.25) is 11.8 Å². The third-order valence-corrected chi connectivity index (χ3v) is 4.96. The van der Waals surface area contributed by atoms with Crippen LogP contribution in [0.15, 0.2) is 48.5 Å². The summed E-state index contributed by atoms with van der Waals surface area (Å²) in [5.41, 5.74) is 7.16. The van der Waals surface area contributed by atoms with Gasteiger partial charge in [-0.2, -0.15) is 0 Å². The SMILES string of the molecule is NC(=O)c1cccc(CNC(=O)C2CCN(c3ccccc3[N+](=O)[O-])CC2)c1. The Morgan fingerprint density at radius 3 is 2.54 bits per heavy atom.